The molecule has 0 aromatic heterocycles. The standard InChI is InChI=1S/C25H31N3O2/c1-18(2)14-24(25(29)27-12-11-26)21-8-4-6-19(15-21)20-7-5-9-22(16-20)30-23-10-13-28(3)17-23/h4-9,15-16,18,23-24H,10,12-14,17H2,1-3H3,(H,27,29)/t23?,24-/m1/s1. The summed E-state index contributed by atoms with van der Waals surface area (Å²) in [5, 5.41) is 11.5. The summed E-state index contributed by atoms with van der Waals surface area (Å²) in [5.74, 6) is 0.882. The van der Waals surface area contributed by atoms with Crippen molar-refractivity contribution in [1.82, 2.24) is 10.2 Å². The lowest BCUT2D eigenvalue weighted by molar-refractivity contribution is -0.122. The van der Waals surface area contributed by atoms with E-state index in [-0.39, 0.29) is 24.5 Å². The van der Waals surface area contributed by atoms with Crippen LogP contribution in [0.15, 0.2) is 48.5 Å². The topological polar surface area (TPSA) is 65.4 Å². The van der Waals surface area contributed by atoms with Crippen LogP contribution in [0.4, 0.5) is 0 Å². The molecule has 2 aromatic rings. The number of amides is 1. The maximum atomic E-state index is 12.7. The monoisotopic (exact) mass is 405 g/mol. The molecule has 1 unspecified atom stereocenters. The third-order valence-corrected chi connectivity index (χ3v) is 5.47. The second kappa shape index (κ2) is 10.3. The van der Waals surface area contributed by atoms with Gasteiger partial charge in [-0.25, -0.2) is 0 Å². The van der Waals surface area contributed by atoms with Crippen molar-refractivity contribution in [2.75, 3.05) is 26.7 Å². The summed E-state index contributed by atoms with van der Waals surface area (Å²) in [4.78, 5) is 15.0. The summed E-state index contributed by atoms with van der Waals surface area (Å²) >= 11 is 0. The maximum absolute atomic E-state index is 12.7. The van der Waals surface area contributed by atoms with E-state index in [1.165, 1.54) is 0 Å². The highest BCUT2D eigenvalue weighted by Gasteiger charge is 2.23. The zero-order chi connectivity index (χ0) is 21.5. The molecule has 0 spiro atoms. The van der Waals surface area contributed by atoms with E-state index >= 15 is 0 Å². The van der Waals surface area contributed by atoms with Crippen molar-refractivity contribution in [3.8, 4) is 22.9 Å². The number of likely N-dealkylation sites (N-methyl/N-ethyl adjacent to an activating group) is 1. The number of hydrogen-bond acceptors (Lipinski definition) is 4. The Morgan fingerprint density at radius 3 is 2.63 bits per heavy atom. The van der Waals surface area contributed by atoms with Crippen molar-refractivity contribution in [1.29, 1.82) is 5.26 Å². The van der Waals surface area contributed by atoms with Crippen LogP contribution in [0.3, 0.4) is 0 Å². The van der Waals surface area contributed by atoms with Crippen molar-refractivity contribution in [2.45, 2.75) is 38.7 Å². The van der Waals surface area contributed by atoms with Gasteiger partial charge < -0.3 is 15.0 Å². The molecule has 1 heterocycles. The molecule has 2 atom stereocenters. The van der Waals surface area contributed by atoms with Crippen LogP contribution in [-0.4, -0.2) is 43.6 Å². The van der Waals surface area contributed by atoms with Gasteiger partial charge in [-0.3, -0.25) is 4.79 Å². The predicted octanol–water partition coefficient (Wildman–Crippen LogP) is 4.21. The quantitative estimate of drug-likeness (QED) is 0.668. The summed E-state index contributed by atoms with van der Waals surface area (Å²) in [6, 6.07) is 18.3. The molecule has 1 saturated heterocycles. The van der Waals surface area contributed by atoms with Gasteiger partial charge in [0.25, 0.3) is 0 Å². The molecule has 5 heteroatoms. The lowest BCUT2D eigenvalue weighted by Crippen LogP contribution is -2.30. The van der Waals surface area contributed by atoms with Crippen LogP contribution < -0.4 is 10.1 Å². The van der Waals surface area contributed by atoms with Crippen LogP contribution in [0, 0.1) is 17.2 Å². The molecular weight excluding hydrogens is 374 g/mol. The van der Waals surface area contributed by atoms with Gasteiger partial charge in [0, 0.05) is 13.1 Å². The minimum atomic E-state index is -0.272. The lowest BCUT2D eigenvalue weighted by atomic mass is 9.88. The Morgan fingerprint density at radius 2 is 1.97 bits per heavy atom. The highest BCUT2D eigenvalue weighted by Crippen LogP contribution is 2.30. The van der Waals surface area contributed by atoms with Crippen LogP contribution >= 0.6 is 0 Å². The third kappa shape index (κ3) is 5.84. The van der Waals surface area contributed by atoms with Gasteiger partial charge in [-0.2, -0.15) is 5.26 Å². The number of benzene rings is 2. The maximum Gasteiger partial charge on any atom is 0.228 e. The van der Waals surface area contributed by atoms with E-state index < -0.39 is 0 Å². The van der Waals surface area contributed by atoms with Gasteiger partial charge in [0.15, 0.2) is 0 Å². The zero-order valence-corrected chi connectivity index (χ0v) is 18.1. The average molecular weight is 406 g/mol. The second-order valence-corrected chi connectivity index (χ2v) is 8.50. The summed E-state index contributed by atoms with van der Waals surface area (Å²) in [5.41, 5.74) is 3.10. The fraction of sp³-hybridized carbons (Fsp3) is 0.440. The highest BCUT2D eigenvalue weighted by atomic mass is 16.5. The SMILES string of the molecule is CC(C)C[C@@H](C(=O)NCC#N)c1cccc(-c2cccc(OC3CCN(C)C3)c2)c1. The molecule has 1 N–H and O–H groups in total. The van der Waals surface area contributed by atoms with Crippen molar-refractivity contribution >= 4 is 5.91 Å². The summed E-state index contributed by atoms with van der Waals surface area (Å²) < 4.78 is 6.18. The number of carbonyl (C=O) groups is 1. The fourth-order valence-electron chi connectivity index (χ4n) is 3.98. The third-order valence-electron chi connectivity index (χ3n) is 5.47. The number of likely N-dealkylation sites (tertiary alicyclic amines) is 1. The Morgan fingerprint density at radius 1 is 1.23 bits per heavy atom. The summed E-state index contributed by atoms with van der Waals surface area (Å²) in [7, 11) is 2.12. The first kappa shape index (κ1) is 21.9. The van der Waals surface area contributed by atoms with Crippen LogP contribution in [0.1, 0.15) is 38.2 Å². The first-order valence-electron chi connectivity index (χ1n) is 10.7. The number of nitriles is 1. The van der Waals surface area contributed by atoms with Gasteiger partial charge in [-0.15, -0.1) is 0 Å². The van der Waals surface area contributed by atoms with Crippen molar-refractivity contribution in [3.05, 3.63) is 54.1 Å². The fourth-order valence-corrected chi connectivity index (χ4v) is 3.98. The summed E-state index contributed by atoms with van der Waals surface area (Å²) in [6.07, 6.45) is 2.01. The molecule has 1 aliphatic rings. The Balaban J connectivity index is 1.82. The molecule has 0 aliphatic carbocycles. The second-order valence-electron chi connectivity index (χ2n) is 8.50. The average Bonchev–Trinajstić information content (AvgIpc) is 3.15. The number of nitrogens with one attached hydrogen (secondary N) is 1. The molecule has 1 amide bonds. The van der Waals surface area contributed by atoms with Crippen LogP contribution in [0.2, 0.25) is 0 Å². The number of rotatable bonds is 8. The number of carbonyl (C=O) groups excluding carboxylic acids is 1. The molecule has 5 nitrogen and oxygen atoms in total. The van der Waals surface area contributed by atoms with Gasteiger partial charge in [0.2, 0.25) is 5.91 Å². The minimum Gasteiger partial charge on any atom is -0.489 e. The molecule has 3 rings (SSSR count). The number of hydrogen-bond donors (Lipinski definition) is 1. The van der Waals surface area contributed by atoms with Crippen molar-refractivity contribution in [3.63, 3.8) is 0 Å². The molecule has 1 aliphatic heterocycles. The normalized spacial score (nSPS) is 17.5. The Kier molecular flexibility index (Phi) is 7.48. The number of nitrogens with zero attached hydrogens (tertiary/aromatic N) is 2. The zero-order valence-electron chi connectivity index (χ0n) is 18.1. The Hall–Kier alpha value is -2.84. The number of ether oxygens (including phenoxy) is 1. The molecule has 0 saturated carbocycles. The van der Waals surface area contributed by atoms with E-state index in [1.54, 1.807) is 0 Å². The van der Waals surface area contributed by atoms with Crippen LogP contribution in [-0.2, 0) is 4.79 Å². The molecule has 0 bridgehead atoms. The smallest absolute Gasteiger partial charge is 0.228 e. The van der Waals surface area contributed by atoms with Crippen molar-refractivity contribution in [2.24, 2.45) is 5.92 Å². The molecular formula is C25H31N3O2. The van der Waals surface area contributed by atoms with Gasteiger partial charge >= 0.3 is 0 Å². The first-order valence-corrected chi connectivity index (χ1v) is 10.7. The van der Waals surface area contributed by atoms with Gasteiger partial charge in [0.05, 0.1) is 12.0 Å². The molecule has 2 aromatic carbocycles. The van der Waals surface area contributed by atoms with Crippen LogP contribution in [0.25, 0.3) is 11.1 Å². The van der Waals surface area contributed by atoms with Gasteiger partial charge in [-0.05, 0) is 54.6 Å². The minimum absolute atomic E-state index is 0.0306. The Labute approximate surface area is 179 Å². The van der Waals surface area contributed by atoms with Crippen molar-refractivity contribution < 1.29 is 9.53 Å². The van der Waals surface area contributed by atoms with E-state index in [0.29, 0.717) is 5.92 Å². The van der Waals surface area contributed by atoms with E-state index in [9.17, 15) is 4.79 Å². The lowest BCUT2D eigenvalue weighted by Gasteiger charge is -2.19. The van der Waals surface area contributed by atoms with Crippen LogP contribution in [0.5, 0.6) is 5.75 Å². The van der Waals surface area contributed by atoms with E-state index in [0.717, 1.165) is 48.4 Å². The first-order chi connectivity index (χ1) is 14.5. The van der Waals surface area contributed by atoms with E-state index in [1.807, 2.05) is 30.3 Å². The Bertz CT molecular complexity index is 903. The molecule has 30 heavy (non-hydrogen) atoms. The highest BCUT2D eigenvalue weighted by molar-refractivity contribution is 5.84. The molecule has 1 fully saturated rings. The molecule has 158 valence electrons. The van der Waals surface area contributed by atoms with E-state index in [2.05, 4.69) is 55.4 Å². The predicted molar refractivity (Wildman–Crippen MR) is 119 cm³/mol. The van der Waals surface area contributed by atoms with Gasteiger partial charge in [0.1, 0.15) is 18.4 Å². The van der Waals surface area contributed by atoms with E-state index in [4.69, 9.17) is 10.00 Å². The molecule has 0 radical (unpaired) electrons. The summed E-state index contributed by atoms with van der Waals surface area (Å²) in [6.45, 7) is 6.26. The largest absolute Gasteiger partial charge is 0.489 e. The van der Waals surface area contributed by atoms with Gasteiger partial charge in [-0.1, -0.05) is 50.2 Å².